The van der Waals surface area contributed by atoms with Gasteiger partial charge in [-0.05, 0) is 49.6 Å². The molecule has 0 aliphatic rings. The molecule has 0 saturated carbocycles. The van der Waals surface area contributed by atoms with Crippen molar-refractivity contribution in [3.05, 3.63) is 35.9 Å². The van der Waals surface area contributed by atoms with E-state index in [1.165, 1.54) is 37.7 Å². The number of nitrogens with one attached hydrogen (secondary N) is 1. The fraction of sp³-hybridized carbons (Fsp3) is 0.667. The van der Waals surface area contributed by atoms with Crippen LogP contribution in [0.2, 0.25) is 0 Å². The summed E-state index contributed by atoms with van der Waals surface area (Å²) in [6.07, 6.45) is 6.25. The topological polar surface area (TPSA) is 12.0 Å². The maximum absolute atomic E-state index is 3.71. The molecule has 0 fully saturated rings. The Morgan fingerprint density at radius 2 is 1.79 bits per heavy atom. The van der Waals surface area contributed by atoms with E-state index in [0.717, 1.165) is 6.54 Å². The van der Waals surface area contributed by atoms with Gasteiger partial charge in [-0.3, -0.25) is 0 Å². The second-order valence-electron chi connectivity index (χ2n) is 6.79. The Labute approximate surface area is 119 Å². The van der Waals surface area contributed by atoms with Gasteiger partial charge in [-0.2, -0.15) is 0 Å². The van der Waals surface area contributed by atoms with Gasteiger partial charge in [0.05, 0.1) is 0 Å². The average Bonchev–Trinajstić information content (AvgIpc) is 2.35. The lowest BCUT2D eigenvalue weighted by molar-refractivity contribution is 0.295. The molecule has 108 valence electrons. The highest BCUT2D eigenvalue weighted by Crippen LogP contribution is 2.23. The molecule has 1 aromatic carbocycles. The smallest absolute Gasteiger partial charge is 0.00721 e. The van der Waals surface area contributed by atoms with Crippen molar-refractivity contribution in [1.82, 2.24) is 5.32 Å². The summed E-state index contributed by atoms with van der Waals surface area (Å²) in [5, 5.41) is 3.71. The molecule has 1 heteroatoms. The molecule has 0 aliphatic carbocycles. The molecule has 19 heavy (non-hydrogen) atoms. The standard InChI is InChI=1S/C18H31N/c1-5-14-19-17(15-18(2,3)4)13-9-12-16-10-7-6-8-11-16/h6-8,10-11,17,19H,5,9,12-15H2,1-4H3. The summed E-state index contributed by atoms with van der Waals surface area (Å²) in [6, 6.07) is 11.5. The zero-order valence-corrected chi connectivity index (χ0v) is 13.2. The third kappa shape index (κ3) is 8.05. The second kappa shape index (κ2) is 8.37. The summed E-state index contributed by atoms with van der Waals surface area (Å²) in [5.74, 6) is 0. The fourth-order valence-corrected chi connectivity index (χ4v) is 2.56. The van der Waals surface area contributed by atoms with E-state index in [1.54, 1.807) is 0 Å². The van der Waals surface area contributed by atoms with E-state index in [-0.39, 0.29) is 0 Å². The van der Waals surface area contributed by atoms with Crippen LogP contribution in [0.25, 0.3) is 0 Å². The fourth-order valence-electron chi connectivity index (χ4n) is 2.56. The van der Waals surface area contributed by atoms with E-state index < -0.39 is 0 Å². The van der Waals surface area contributed by atoms with Crippen molar-refractivity contribution in [3.63, 3.8) is 0 Å². The van der Waals surface area contributed by atoms with Crippen molar-refractivity contribution in [1.29, 1.82) is 0 Å². The van der Waals surface area contributed by atoms with Gasteiger partial charge in [0.1, 0.15) is 0 Å². The molecule has 0 aromatic heterocycles. The maximum Gasteiger partial charge on any atom is 0.00721 e. The monoisotopic (exact) mass is 261 g/mol. The lowest BCUT2D eigenvalue weighted by Gasteiger charge is -2.27. The summed E-state index contributed by atoms with van der Waals surface area (Å²) >= 11 is 0. The first kappa shape index (κ1) is 16.2. The van der Waals surface area contributed by atoms with Gasteiger partial charge in [-0.25, -0.2) is 0 Å². The highest BCUT2D eigenvalue weighted by Gasteiger charge is 2.17. The highest BCUT2D eigenvalue weighted by atomic mass is 14.9. The molecule has 1 atom stereocenters. The van der Waals surface area contributed by atoms with Crippen molar-refractivity contribution in [2.75, 3.05) is 6.54 Å². The van der Waals surface area contributed by atoms with Crippen molar-refractivity contribution in [2.24, 2.45) is 5.41 Å². The van der Waals surface area contributed by atoms with Gasteiger partial charge in [0.2, 0.25) is 0 Å². The van der Waals surface area contributed by atoms with Crippen LogP contribution in [0.3, 0.4) is 0 Å². The summed E-state index contributed by atoms with van der Waals surface area (Å²) < 4.78 is 0. The first-order valence-corrected chi connectivity index (χ1v) is 7.78. The summed E-state index contributed by atoms with van der Waals surface area (Å²) in [4.78, 5) is 0. The van der Waals surface area contributed by atoms with Gasteiger partial charge >= 0.3 is 0 Å². The average molecular weight is 261 g/mol. The largest absolute Gasteiger partial charge is 0.314 e. The van der Waals surface area contributed by atoms with Crippen LogP contribution in [-0.4, -0.2) is 12.6 Å². The normalized spacial score (nSPS) is 13.5. The number of hydrogen-bond acceptors (Lipinski definition) is 1. The Kier molecular flexibility index (Phi) is 7.15. The first-order chi connectivity index (χ1) is 9.01. The molecule has 0 bridgehead atoms. The molecule has 0 radical (unpaired) electrons. The Balaban J connectivity index is 2.35. The number of rotatable bonds is 8. The van der Waals surface area contributed by atoms with E-state index in [0.29, 0.717) is 11.5 Å². The minimum absolute atomic E-state index is 0.415. The molecule has 1 aromatic rings. The number of aryl methyl sites for hydroxylation is 1. The molecule has 1 N–H and O–H groups in total. The number of hydrogen-bond donors (Lipinski definition) is 1. The Morgan fingerprint density at radius 3 is 2.37 bits per heavy atom. The Bertz CT molecular complexity index is 323. The summed E-state index contributed by atoms with van der Waals surface area (Å²) in [6.45, 7) is 10.4. The maximum atomic E-state index is 3.71. The van der Waals surface area contributed by atoms with E-state index >= 15 is 0 Å². The Hall–Kier alpha value is -0.820. The van der Waals surface area contributed by atoms with Crippen molar-refractivity contribution >= 4 is 0 Å². The van der Waals surface area contributed by atoms with Crippen LogP contribution in [0.15, 0.2) is 30.3 Å². The molecular weight excluding hydrogens is 230 g/mol. The van der Waals surface area contributed by atoms with Crippen LogP contribution in [0, 0.1) is 5.41 Å². The summed E-state index contributed by atoms with van der Waals surface area (Å²) in [7, 11) is 0. The predicted octanol–water partition coefficient (Wildman–Crippen LogP) is 4.81. The van der Waals surface area contributed by atoms with Crippen molar-refractivity contribution in [3.8, 4) is 0 Å². The molecule has 0 saturated heterocycles. The second-order valence-corrected chi connectivity index (χ2v) is 6.79. The van der Waals surface area contributed by atoms with Crippen LogP contribution in [-0.2, 0) is 6.42 Å². The predicted molar refractivity (Wildman–Crippen MR) is 85.5 cm³/mol. The zero-order valence-electron chi connectivity index (χ0n) is 13.2. The minimum atomic E-state index is 0.415. The lowest BCUT2D eigenvalue weighted by Crippen LogP contribution is -2.33. The molecule has 0 aliphatic heterocycles. The van der Waals surface area contributed by atoms with Crippen molar-refractivity contribution < 1.29 is 0 Å². The minimum Gasteiger partial charge on any atom is -0.314 e. The highest BCUT2D eigenvalue weighted by molar-refractivity contribution is 5.14. The van der Waals surface area contributed by atoms with Crippen LogP contribution in [0.5, 0.6) is 0 Å². The molecule has 1 unspecified atom stereocenters. The van der Waals surface area contributed by atoms with Crippen LogP contribution < -0.4 is 5.32 Å². The third-order valence-electron chi connectivity index (χ3n) is 3.40. The van der Waals surface area contributed by atoms with Crippen LogP contribution in [0.4, 0.5) is 0 Å². The number of benzene rings is 1. The molecule has 0 amide bonds. The van der Waals surface area contributed by atoms with E-state index in [2.05, 4.69) is 63.3 Å². The Morgan fingerprint density at radius 1 is 1.11 bits per heavy atom. The lowest BCUT2D eigenvalue weighted by atomic mass is 9.86. The van der Waals surface area contributed by atoms with Crippen molar-refractivity contribution in [2.45, 2.75) is 65.8 Å². The van der Waals surface area contributed by atoms with E-state index in [1.807, 2.05) is 0 Å². The van der Waals surface area contributed by atoms with E-state index in [4.69, 9.17) is 0 Å². The third-order valence-corrected chi connectivity index (χ3v) is 3.40. The molecule has 1 rings (SSSR count). The molecular formula is C18H31N. The SMILES string of the molecule is CCCNC(CCCc1ccccc1)CC(C)(C)C. The molecule has 0 spiro atoms. The van der Waals surface area contributed by atoms with Gasteiger partial charge in [-0.15, -0.1) is 0 Å². The van der Waals surface area contributed by atoms with Crippen LogP contribution >= 0.6 is 0 Å². The molecule has 1 nitrogen and oxygen atoms in total. The van der Waals surface area contributed by atoms with Crippen LogP contribution in [0.1, 0.15) is 58.9 Å². The zero-order chi connectivity index (χ0) is 14.1. The van der Waals surface area contributed by atoms with Gasteiger partial charge < -0.3 is 5.32 Å². The molecule has 0 heterocycles. The van der Waals surface area contributed by atoms with E-state index in [9.17, 15) is 0 Å². The van der Waals surface area contributed by atoms with Gasteiger partial charge in [0, 0.05) is 6.04 Å². The quantitative estimate of drug-likeness (QED) is 0.708. The summed E-state index contributed by atoms with van der Waals surface area (Å²) in [5.41, 5.74) is 1.88. The van der Waals surface area contributed by atoms with Gasteiger partial charge in [-0.1, -0.05) is 58.0 Å². The first-order valence-electron chi connectivity index (χ1n) is 7.78. The van der Waals surface area contributed by atoms with Gasteiger partial charge in [0.15, 0.2) is 0 Å². The van der Waals surface area contributed by atoms with Gasteiger partial charge in [0.25, 0.3) is 0 Å².